The molecule has 28 heavy (non-hydrogen) atoms. The van der Waals surface area contributed by atoms with E-state index in [1.54, 1.807) is 0 Å². The number of hydrogen-bond donors (Lipinski definition) is 1. The Morgan fingerprint density at radius 3 is 2.46 bits per heavy atom. The number of halogens is 1. The van der Waals surface area contributed by atoms with E-state index in [0.29, 0.717) is 29.1 Å². The smallest absolute Gasteiger partial charge is 0.303 e. The first-order valence-corrected chi connectivity index (χ1v) is 11.6. The van der Waals surface area contributed by atoms with Crippen LogP contribution in [0.2, 0.25) is 0 Å². The number of carboxylic acid groups (broad SMARTS) is 1. The maximum Gasteiger partial charge on any atom is 0.303 e. The summed E-state index contributed by atoms with van der Waals surface area (Å²) in [5.74, 6) is 1.50. The lowest BCUT2D eigenvalue weighted by atomic mass is 9.43. The summed E-state index contributed by atoms with van der Waals surface area (Å²) < 4.78 is 15.0. The van der Waals surface area contributed by atoms with Crippen molar-refractivity contribution in [2.45, 2.75) is 91.2 Å². The van der Waals surface area contributed by atoms with Crippen molar-refractivity contribution in [2.75, 3.05) is 0 Å². The van der Waals surface area contributed by atoms with Gasteiger partial charge in [0.2, 0.25) is 0 Å². The molecule has 3 nitrogen and oxygen atoms in total. The predicted molar refractivity (Wildman–Crippen MR) is 107 cm³/mol. The van der Waals surface area contributed by atoms with Gasteiger partial charge in [0.1, 0.15) is 0 Å². The van der Waals surface area contributed by atoms with Crippen molar-refractivity contribution in [1.29, 1.82) is 0 Å². The van der Waals surface area contributed by atoms with Gasteiger partial charge in [-0.1, -0.05) is 20.8 Å². The van der Waals surface area contributed by atoms with Gasteiger partial charge in [0.05, 0.1) is 0 Å². The van der Waals surface area contributed by atoms with E-state index < -0.39 is 12.1 Å². The zero-order chi connectivity index (χ0) is 20.3. The molecule has 1 N–H and O–H groups in total. The molecule has 4 heteroatoms. The molecule has 158 valence electrons. The van der Waals surface area contributed by atoms with E-state index in [0.717, 1.165) is 38.5 Å². The van der Waals surface area contributed by atoms with Crippen LogP contribution in [0.1, 0.15) is 85.0 Å². The van der Waals surface area contributed by atoms with Crippen LogP contribution in [0.3, 0.4) is 0 Å². The molecule has 0 aromatic rings. The van der Waals surface area contributed by atoms with Crippen LogP contribution in [-0.4, -0.2) is 23.0 Å². The zero-order valence-corrected chi connectivity index (χ0v) is 17.8. The number of alkyl halides is 1. The monoisotopic (exact) mass is 392 g/mol. The van der Waals surface area contributed by atoms with Gasteiger partial charge in [-0.15, -0.1) is 0 Å². The Bertz CT molecular complexity index is 648. The summed E-state index contributed by atoms with van der Waals surface area (Å²) in [6, 6.07) is 0. The fraction of sp³-hybridized carbons (Fsp3) is 0.917. The summed E-state index contributed by atoms with van der Waals surface area (Å²) in [5, 5.41) is 8.98. The second-order valence-electron chi connectivity index (χ2n) is 11.1. The highest BCUT2D eigenvalue weighted by molar-refractivity contribution is 5.86. The molecule has 0 bridgehead atoms. The highest BCUT2D eigenvalue weighted by Gasteiger charge is 2.62. The molecule has 9 unspecified atom stereocenters. The molecule has 4 fully saturated rings. The fourth-order valence-corrected chi connectivity index (χ4v) is 8.58. The summed E-state index contributed by atoms with van der Waals surface area (Å²) in [4.78, 5) is 23.2. The van der Waals surface area contributed by atoms with E-state index in [1.165, 1.54) is 19.3 Å². The minimum Gasteiger partial charge on any atom is -0.481 e. The number of hydrogen-bond acceptors (Lipinski definition) is 2. The molecule has 9 atom stereocenters. The predicted octanol–water partition coefficient (Wildman–Crippen LogP) is 5.66. The standard InChI is InChI=1S/C24H37FO3/c1-14-13-24(3)18-11-12-23(2)15(5-4-6-20(26)27)7-9-17(23)16(18)8-10-19(24)21(25)22(14)28/h14-19,21H,4-13H2,1-3H3,(H,26,27). The number of carbonyl (C=O) groups excluding carboxylic acids is 1. The number of fused-ring (bicyclic) bond motifs is 5. The van der Waals surface area contributed by atoms with Crippen LogP contribution < -0.4 is 0 Å². The Morgan fingerprint density at radius 2 is 1.75 bits per heavy atom. The van der Waals surface area contributed by atoms with Crippen LogP contribution >= 0.6 is 0 Å². The van der Waals surface area contributed by atoms with E-state index in [4.69, 9.17) is 5.11 Å². The van der Waals surface area contributed by atoms with Crippen molar-refractivity contribution in [2.24, 2.45) is 46.3 Å². The second kappa shape index (κ2) is 7.09. The highest BCUT2D eigenvalue weighted by atomic mass is 19.1. The van der Waals surface area contributed by atoms with E-state index >= 15 is 0 Å². The van der Waals surface area contributed by atoms with Crippen molar-refractivity contribution >= 4 is 11.8 Å². The SMILES string of the molecule is CC1CC2(C)C(CCC3C4CCC(CCCC(=O)O)C4(C)CCC32)C(F)C1=O. The van der Waals surface area contributed by atoms with Gasteiger partial charge in [0, 0.05) is 18.3 Å². The first-order chi connectivity index (χ1) is 13.2. The average molecular weight is 393 g/mol. The molecule has 0 aromatic carbocycles. The fourth-order valence-electron chi connectivity index (χ4n) is 8.58. The number of ketones is 1. The van der Waals surface area contributed by atoms with Crippen LogP contribution in [0.25, 0.3) is 0 Å². The summed E-state index contributed by atoms with van der Waals surface area (Å²) >= 11 is 0. The van der Waals surface area contributed by atoms with E-state index in [2.05, 4.69) is 13.8 Å². The maximum absolute atomic E-state index is 15.0. The van der Waals surface area contributed by atoms with Gasteiger partial charge < -0.3 is 5.11 Å². The molecule has 4 saturated carbocycles. The summed E-state index contributed by atoms with van der Waals surface area (Å²) in [5.41, 5.74) is 0.298. The third kappa shape index (κ3) is 2.96. The van der Waals surface area contributed by atoms with Gasteiger partial charge in [-0.05, 0) is 92.3 Å². The van der Waals surface area contributed by atoms with E-state index in [9.17, 15) is 14.0 Å². The van der Waals surface area contributed by atoms with Gasteiger partial charge in [-0.3, -0.25) is 9.59 Å². The third-order valence-corrected chi connectivity index (χ3v) is 9.94. The van der Waals surface area contributed by atoms with Gasteiger partial charge in [0.15, 0.2) is 12.0 Å². The Hall–Kier alpha value is -0.930. The molecule has 0 spiro atoms. The largest absolute Gasteiger partial charge is 0.481 e. The number of carbonyl (C=O) groups is 2. The number of Topliss-reactive ketones (excluding diaryl/α,β-unsaturated/α-hetero) is 1. The van der Waals surface area contributed by atoms with E-state index in [1.807, 2.05) is 6.92 Å². The average Bonchev–Trinajstić information content (AvgIpc) is 2.96. The maximum atomic E-state index is 15.0. The number of rotatable bonds is 4. The highest BCUT2D eigenvalue weighted by Crippen LogP contribution is 2.68. The molecular formula is C24H37FO3. The zero-order valence-electron chi connectivity index (χ0n) is 17.8. The quantitative estimate of drug-likeness (QED) is 0.671. The summed E-state index contributed by atoms with van der Waals surface area (Å²) in [6.07, 6.45) is 8.50. The Kier molecular flexibility index (Phi) is 5.15. The number of carboxylic acids is 1. The Labute approximate surface area is 168 Å². The van der Waals surface area contributed by atoms with Gasteiger partial charge >= 0.3 is 5.97 Å². The van der Waals surface area contributed by atoms with Gasteiger partial charge in [-0.2, -0.15) is 0 Å². The van der Waals surface area contributed by atoms with Crippen molar-refractivity contribution in [3.8, 4) is 0 Å². The summed E-state index contributed by atoms with van der Waals surface area (Å²) in [7, 11) is 0. The molecule has 0 aliphatic heterocycles. The van der Waals surface area contributed by atoms with Gasteiger partial charge in [0.25, 0.3) is 0 Å². The van der Waals surface area contributed by atoms with Gasteiger partial charge in [-0.25, -0.2) is 4.39 Å². The molecule has 0 amide bonds. The first kappa shape index (κ1) is 20.3. The lowest BCUT2D eigenvalue weighted by Gasteiger charge is -2.61. The lowest BCUT2D eigenvalue weighted by molar-refractivity contribution is -0.161. The van der Waals surface area contributed by atoms with Crippen LogP contribution in [0.4, 0.5) is 4.39 Å². The van der Waals surface area contributed by atoms with Crippen molar-refractivity contribution < 1.29 is 19.1 Å². The second-order valence-corrected chi connectivity index (χ2v) is 11.1. The summed E-state index contributed by atoms with van der Waals surface area (Å²) in [6.45, 7) is 6.69. The van der Waals surface area contributed by atoms with Crippen molar-refractivity contribution in [3.63, 3.8) is 0 Å². The molecule has 0 aromatic heterocycles. The van der Waals surface area contributed by atoms with E-state index in [-0.39, 0.29) is 29.5 Å². The normalized spacial score (nSPS) is 50.6. The Morgan fingerprint density at radius 1 is 1.07 bits per heavy atom. The Balaban J connectivity index is 1.52. The molecule has 0 heterocycles. The molecule has 0 radical (unpaired) electrons. The van der Waals surface area contributed by atoms with Crippen LogP contribution in [-0.2, 0) is 9.59 Å². The lowest BCUT2D eigenvalue weighted by Crippen LogP contribution is -2.58. The number of aliphatic carboxylic acids is 1. The minimum absolute atomic E-state index is 0.0294. The van der Waals surface area contributed by atoms with Crippen molar-refractivity contribution in [1.82, 2.24) is 0 Å². The first-order valence-electron chi connectivity index (χ1n) is 11.6. The topological polar surface area (TPSA) is 54.4 Å². The van der Waals surface area contributed by atoms with Crippen molar-refractivity contribution in [3.05, 3.63) is 0 Å². The van der Waals surface area contributed by atoms with Crippen LogP contribution in [0, 0.1) is 46.3 Å². The molecule has 4 aliphatic carbocycles. The van der Waals surface area contributed by atoms with Crippen LogP contribution in [0.5, 0.6) is 0 Å². The molecule has 4 aliphatic rings. The molecule has 4 rings (SSSR count). The molecular weight excluding hydrogens is 355 g/mol. The van der Waals surface area contributed by atoms with Crippen LogP contribution in [0.15, 0.2) is 0 Å². The third-order valence-electron chi connectivity index (χ3n) is 9.94. The molecule has 0 saturated heterocycles. The minimum atomic E-state index is -1.25.